The van der Waals surface area contributed by atoms with Crippen molar-refractivity contribution in [2.24, 2.45) is 0 Å². The number of rotatable bonds is 2. The van der Waals surface area contributed by atoms with E-state index in [0.717, 1.165) is 30.6 Å². The van der Waals surface area contributed by atoms with Crippen LogP contribution in [0.3, 0.4) is 0 Å². The average Bonchev–Trinajstić information content (AvgIpc) is 2.40. The van der Waals surface area contributed by atoms with Gasteiger partial charge >= 0.3 is 0 Å². The van der Waals surface area contributed by atoms with Gasteiger partial charge in [-0.1, -0.05) is 6.07 Å². The predicted octanol–water partition coefficient (Wildman–Crippen LogP) is 1.58. The summed E-state index contributed by atoms with van der Waals surface area (Å²) in [4.78, 5) is 14.1. The molecule has 0 radical (unpaired) electrons. The summed E-state index contributed by atoms with van der Waals surface area (Å²) in [6.45, 7) is 2.69. The maximum Gasteiger partial charge on any atom is 0.244 e. The molecule has 4 nitrogen and oxygen atoms in total. The number of nitrogens with one attached hydrogen (secondary N) is 1. The fraction of sp³-hybridized carbons (Fsp3) is 0.429. The number of carbonyl (C=O) groups excluding carboxylic acids is 1. The van der Waals surface area contributed by atoms with Crippen LogP contribution in [0.4, 0.5) is 5.69 Å². The summed E-state index contributed by atoms with van der Waals surface area (Å²) < 4.78 is 0. The smallest absolute Gasteiger partial charge is 0.244 e. The Balaban J connectivity index is 2.36. The van der Waals surface area contributed by atoms with Crippen molar-refractivity contribution in [2.45, 2.75) is 25.8 Å². The number of piperidine rings is 1. The molecule has 1 saturated heterocycles. The summed E-state index contributed by atoms with van der Waals surface area (Å²) in [6, 6.07) is 7.48. The molecule has 2 rings (SSSR count). The van der Waals surface area contributed by atoms with Crippen LogP contribution in [0, 0.1) is 18.3 Å². The van der Waals surface area contributed by atoms with E-state index in [0.29, 0.717) is 5.56 Å². The zero-order valence-electron chi connectivity index (χ0n) is 10.7. The Morgan fingerprint density at radius 3 is 2.94 bits per heavy atom. The topological polar surface area (TPSA) is 56.1 Å². The molecule has 1 heterocycles. The molecule has 1 aliphatic rings. The van der Waals surface area contributed by atoms with Crippen molar-refractivity contribution in [3.63, 3.8) is 0 Å². The first kappa shape index (κ1) is 12.6. The van der Waals surface area contributed by atoms with Crippen LogP contribution < -0.4 is 10.2 Å². The van der Waals surface area contributed by atoms with E-state index < -0.39 is 0 Å². The molecule has 1 aromatic rings. The average molecular weight is 243 g/mol. The molecular formula is C14H17N3O. The molecule has 1 atom stereocenters. The number of benzene rings is 1. The fourth-order valence-corrected chi connectivity index (χ4v) is 2.35. The molecule has 18 heavy (non-hydrogen) atoms. The maximum atomic E-state index is 12.3. The largest absolute Gasteiger partial charge is 0.311 e. The molecule has 0 aliphatic carbocycles. The van der Waals surface area contributed by atoms with Crippen LogP contribution in [0.15, 0.2) is 18.2 Å². The van der Waals surface area contributed by atoms with Gasteiger partial charge in [0.1, 0.15) is 0 Å². The molecule has 1 N–H and O–H groups in total. The third-order valence-corrected chi connectivity index (χ3v) is 3.42. The Morgan fingerprint density at radius 1 is 1.50 bits per heavy atom. The van der Waals surface area contributed by atoms with Gasteiger partial charge in [-0.25, -0.2) is 0 Å². The number of hydrogen-bond acceptors (Lipinski definition) is 3. The van der Waals surface area contributed by atoms with Gasteiger partial charge in [-0.2, -0.15) is 5.26 Å². The Morgan fingerprint density at radius 2 is 2.28 bits per heavy atom. The van der Waals surface area contributed by atoms with Crippen LogP contribution in [0.1, 0.15) is 24.0 Å². The van der Waals surface area contributed by atoms with E-state index in [1.165, 1.54) is 0 Å². The highest BCUT2D eigenvalue weighted by Gasteiger charge is 2.29. The fourth-order valence-electron chi connectivity index (χ4n) is 2.35. The molecule has 0 saturated carbocycles. The Bertz CT molecular complexity index is 504. The number of anilines is 1. The minimum absolute atomic E-state index is 0.0990. The summed E-state index contributed by atoms with van der Waals surface area (Å²) >= 11 is 0. The minimum atomic E-state index is -0.108. The van der Waals surface area contributed by atoms with Gasteiger partial charge < -0.3 is 10.2 Å². The van der Waals surface area contributed by atoms with E-state index in [9.17, 15) is 4.79 Å². The summed E-state index contributed by atoms with van der Waals surface area (Å²) in [5.74, 6) is 0.0990. The number of nitrogens with zero attached hydrogens (tertiary/aromatic N) is 2. The van der Waals surface area contributed by atoms with Gasteiger partial charge in [0, 0.05) is 12.2 Å². The van der Waals surface area contributed by atoms with Crippen LogP contribution in [0.25, 0.3) is 0 Å². The van der Waals surface area contributed by atoms with Crippen LogP contribution in [-0.4, -0.2) is 25.5 Å². The van der Waals surface area contributed by atoms with E-state index in [1.54, 1.807) is 17.0 Å². The molecule has 1 amide bonds. The molecule has 1 unspecified atom stereocenters. The van der Waals surface area contributed by atoms with Crippen molar-refractivity contribution >= 4 is 11.6 Å². The van der Waals surface area contributed by atoms with E-state index in [1.807, 2.05) is 20.0 Å². The van der Waals surface area contributed by atoms with E-state index in [-0.39, 0.29) is 11.9 Å². The first-order chi connectivity index (χ1) is 8.67. The highest BCUT2D eigenvalue weighted by molar-refractivity contribution is 5.98. The number of amides is 1. The summed E-state index contributed by atoms with van der Waals surface area (Å²) in [7, 11) is 1.81. The van der Waals surface area contributed by atoms with Gasteiger partial charge in [0.05, 0.1) is 17.7 Å². The van der Waals surface area contributed by atoms with Crippen molar-refractivity contribution in [1.29, 1.82) is 5.26 Å². The molecular weight excluding hydrogens is 226 g/mol. The molecule has 0 aromatic heterocycles. The molecule has 0 bridgehead atoms. The number of carbonyl (C=O) groups is 1. The maximum absolute atomic E-state index is 12.3. The van der Waals surface area contributed by atoms with Crippen molar-refractivity contribution in [3.05, 3.63) is 29.3 Å². The van der Waals surface area contributed by atoms with Crippen molar-refractivity contribution in [3.8, 4) is 6.07 Å². The second-order valence-electron chi connectivity index (χ2n) is 4.59. The number of likely N-dealkylation sites (N-methyl/N-ethyl adjacent to an activating group) is 1. The van der Waals surface area contributed by atoms with E-state index >= 15 is 0 Å². The highest BCUT2D eigenvalue weighted by atomic mass is 16.2. The Hall–Kier alpha value is -1.86. The molecule has 4 heteroatoms. The Labute approximate surface area is 107 Å². The van der Waals surface area contributed by atoms with Crippen molar-refractivity contribution in [2.75, 3.05) is 18.5 Å². The first-order valence-corrected chi connectivity index (χ1v) is 6.16. The van der Waals surface area contributed by atoms with Crippen LogP contribution in [0.5, 0.6) is 0 Å². The van der Waals surface area contributed by atoms with Gasteiger partial charge in [0.2, 0.25) is 5.91 Å². The normalized spacial score (nSPS) is 19.7. The molecule has 0 spiro atoms. The lowest BCUT2D eigenvalue weighted by molar-refractivity contribution is -0.121. The van der Waals surface area contributed by atoms with Gasteiger partial charge in [-0.15, -0.1) is 0 Å². The van der Waals surface area contributed by atoms with Crippen molar-refractivity contribution in [1.82, 2.24) is 5.32 Å². The lowest BCUT2D eigenvalue weighted by Gasteiger charge is -2.33. The third-order valence-electron chi connectivity index (χ3n) is 3.42. The summed E-state index contributed by atoms with van der Waals surface area (Å²) in [5.41, 5.74) is 2.48. The van der Waals surface area contributed by atoms with Gasteiger partial charge in [0.15, 0.2) is 0 Å². The van der Waals surface area contributed by atoms with Crippen LogP contribution in [0.2, 0.25) is 0 Å². The lowest BCUT2D eigenvalue weighted by atomic mass is 10.0. The number of hydrogen-bond donors (Lipinski definition) is 1. The van der Waals surface area contributed by atoms with E-state index in [4.69, 9.17) is 5.26 Å². The van der Waals surface area contributed by atoms with Gasteiger partial charge in [-0.3, -0.25) is 4.79 Å². The quantitative estimate of drug-likeness (QED) is 0.858. The number of nitriles is 1. The molecule has 1 aromatic carbocycles. The summed E-state index contributed by atoms with van der Waals surface area (Å²) in [6.07, 6.45) is 1.86. The van der Waals surface area contributed by atoms with Crippen LogP contribution in [-0.2, 0) is 4.79 Å². The van der Waals surface area contributed by atoms with E-state index in [2.05, 4.69) is 11.4 Å². The standard InChI is InChI=1S/C14H17N3O/c1-10-5-6-11(9-15)8-13(10)17-7-3-4-12(16-2)14(17)18/h5-6,8,12,16H,3-4,7H2,1-2H3. The SMILES string of the molecule is CNC1CCCN(c2cc(C#N)ccc2C)C1=O. The third kappa shape index (κ3) is 2.22. The second kappa shape index (κ2) is 5.19. The number of aryl methyl sites for hydroxylation is 1. The monoisotopic (exact) mass is 243 g/mol. The zero-order chi connectivity index (χ0) is 13.1. The second-order valence-corrected chi connectivity index (χ2v) is 4.59. The van der Waals surface area contributed by atoms with Gasteiger partial charge in [0.25, 0.3) is 0 Å². The highest BCUT2D eigenvalue weighted by Crippen LogP contribution is 2.25. The predicted molar refractivity (Wildman–Crippen MR) is 70.3 cm³/mol. The first-order valence-electron chi connectivity index (χ1n) is 6.16. The lowest BCUT2D eigenvalue weighted by Crippen LogP contribution is -2.50. The van der Waals surface area contributed by atoms with Gasteiger partial charge in [-0.05, 0) is 44.5 Å². The minimum Gasteiger partial charge on any atom is -0.311 e. The summed E-state index contributed by atoms with van der Waals surface area (Å²) in [5, 5.41) is 12.0. The zero-order valence-corrected chi connectivity index (χ0v) is 10.7. The molecule has 94 valence electrons. The van der Waals surface area contributed by atoms with Crippen molar-refractivity contribution < 1.29 is 4.79 Å². The van der Waals surface area contributed by atoms with Crippen LogP contribution >= 0.6 is 0 Å². The Kier molecular flexibility index (Phi) is 3.63. The molecule has 1 aliphatic heterocycles. The molecule has 1 fully saturated rings.